The van der Waals surface area contributed by atoms with Crippen LogP contribution < -0.4 is 0 Å². The Kier molecular flexibility index (Phi) is 12.8. The second-order valence-electron chi connectivity index (χ2n) is 8.11. The second kappa shape index (κ2) is 16.3. The van der Waals surface area contributed by atoms with Crippen LogP contribution in [0, 0.1) is 0 Å². The van der Waals surface area contributed by atoms with Crippen molar-refractivity contribution in [1.29, 1.82) is 0 Å². The average molecular weight is 541 g/mol. The number of aliphatic carboxylic acids is 1. The lowest BCUT2D eigenvalue weighted by Gasteiger charge is -2.32. The van der Waals surface area contributed by atoms with Gasteiger partial charge in [0.25, 0.3) is 5.97 Å². The van der Waals surface area contributed by atoms with Crippen molar-refractivity contribution in [2.24, 2.45) is 0 Å². The molecule has 0 amide bonds. The molecular formula is C29H29FO9. The lowest BCUT2D eigenvalue weighted by molar-refractivity contribution is -0.134. The van der Waals surface area contributed by atoms with Crippen molar-refractivity contribution >= 4 is 23.9 Å². The number of ether oxygens (including phenoxy) is 3. The Balaban J connectivity index is 0.000000339. The number of benzene rings is 3. The van der Waals surface area contributed by atoms with Gasteiger partial charge in [0.2, 0.25) is 0 Å². The van der Waals surface area contributed by atoms with Crippen molar-refractivity contribution in [3.63, 3.8) is 0 Å². The minimum Gasteiger partial charge on any atom is -0.481 e. The van der Waals surface area contributed by atoms with E-state index in [1.54, 1.807) is 91.0 Å². The molecule has 1 aliphatic rings. The Labute approximate surface area is 224 Å². The van der Waals surface area contributed by atoms with E-state index in [4.69, 9.17) is 29.2 Å². The monoisotopic (exact) mass is 540 g/mol. The highest BCUT2D eigenvalue weighted by molar-refractivity contribution is 5.90. The lowest BCUT2D eigenvalue weighted by atomic mass is 10.0. The highest BCUT2D eigenvalue weighted by atomic mass is 19.1. The molecule has 0 aliphatic carbocycles. The fourth-order valence-corrected chi connectivity index (χ4v) is 3.27. The number of esters is 2. The molecular weight excluding hydrogens is 511 g/mol. The number of hydrogen-bond donors (Lipinski definition) is 2. The molecule has 0 radical (unpaired) electrons. The molecule has 0 unspecified atom stereocenters. The summed E-state index contributed by atoms with van der Waals surface area (Å²) >= 11 is 0. The zero-order valence-electron chi connectivity index (χ0n) is 21.1. The highest BCUT2D eigenvalue weighted by Gasteiger charge is 2.38. The first kappa shape index (κ1) is 30.7. The van der Waals surface area contributed by atoms with E-state index >= 15 is 0 Å². The van der Waals surface area contributed by atoms with Crippen molar-refractivity contribution in [3.8, 4) is 0 Å². The van der Waals surface area contributed by atoms with E-state index in [-0.39, 0.29) is 19.6 Å². The molecule has 10 heteroatoms. The van der Waals surface area contributed by atoms with E-state index in [1.165, 1.54) is 0 Å². The number of alkyl halides is 1. The first-order valence-corrected chi connectivity index (χ1v) is 11.9. The van der Waals surface area contributed by atoms with E-state index in [2.05, 4.69) is 0 Å². The molecule has 1 fully saturated rings. The second-order valence-corrected chi connectivity index (χ2v) is 8.11. The minimum atomic E-state index is -1.57. The molecule has 39 heavy (non-hydrogen) atoms. The Morgan fingerprint density at radius 3 is 1.67 bits per heavy atom. The minimum absolute atomic E-state index is 0.223. The maximum absolute atomic E-state index is 14.6. The first-order valence-electron chi connectivity index (χ1n) is 11.9. The van der Waals surface area contributed by atoms with E-state index in [0.717, 1.165) is 6.92 Å². The predicted octanol–water partition coefficient (Wildman–Crippen LogP) is 4.67. The molecule has 0 spiro atoms. The van der Waals surface area contributed by atoms with E-state index in [1.807, 2.05) is 0 Å². The standard InChI is InChI=1S/C20H19FO5.C7H6O2.C2H4O2/c21-18-16(26-20(23)15-9-5-2-6-10-15)11-12-24-17(18)13-25-19(22)14-7-3-1-4-8-14;8-7(9)6-4-2-1-3-5-6;1-2(3)4/h1-10,16-18H,11-13H2;1-5H,(H,8,9);1H3,(H,3,4)/t16-,17-,18+;;/m1../s1. The summed E-state index contributed by atoms with van der Waals surface area (Å²) in [6, 6.07) is 25.1. The van der Waals surface area contributed by atoms with Crippen molar-refractivity contribution in [2.45, 2.75) is 31.7 Å². The van der Waals surface area contributed by atoms with Gasteiger partial charge < -0.3 is 24.4 Å². The van der Waals surface area contributed by atoms with Crippen LogP contribution in [0.15, 0.2) is 91.0 Å². The first-order chi connectivity index (χ1) is 18.7. The summed E-state index contributed by atoms with van der Waals surface area (Å²) in [6.07, 6.45) is -3.22. The number of carbonyl (C=O) groups excluding carboxylic acids is 2. The van der Waals surface area contributed by atoms with Gasteiger partial charge in [0.15, 0.2) is 6.17 Å². The number of rotatable bonds is 6. The Morgan fingerprint density at radius 1 is 0.795 bits per heavy atom. The molecule has 0 aromatic heterocycles. The van der Waals surface area contributed by atoms with Crippen LogP contribution in [-0.2, 0) is 19.0 Å². The van der Waals surface area contributed by atoms with Crippen molar-refractivity contribution in [1.82, 2.24) is 0 Å². The van der Waals surface area contributed by atoms with E-state index in [0.29, 0.717) is 16.7 Å². The number of carbonyl (C=O) groups is 4. The van der Waals surface area contributed by atoms with Gasteiger partial charge in [-0.25, -0.2) is 18.8 Å². The summed E-state index contributed by atoms with van der Waals surface area (Å²) in [6.45, 7) is 1.06. The molecule has 0 saturated carbocycles. The van der Waals surface area contributed by atoms with Crippen molar-refractivity contribution in [2.75, 3.05) is 13.2 Å². The largest absolute Gasteiger partial charge is 0.481 e. The fourth-order valence-electron chi connectivity index (χ4n) is 3.27. The van der Waals surface area contributed by atoms with Gasteiger partial charge in [0.1, 0.15) is 18.8 Å². The highest BCUT2D eigenvalue weighted by Crippen LogP contribution is 2.23. The zero-order valence-corrected chi connectivity index (χ0v) is 21.1. The van der Waals surface area contributed by atoms with Crippen LogP contribution in [0.4, 0.5) is 4.39 Å². The quantitative estimate of drug-likeness (QED) is 0.427. The van der Waals surface area contributed by atoms with Gasteiger partial charge in [-0.1, -0.05) is 54.6 Å². The van der Waals surface area contributed by atoms with Gasteiger partial charge >= 0.3 is 17.9 Å². The molecule has 1 saturated heterocycles. The maximum atomic E-state index is 14.6. The normalized spacial score (nSPS) is 17.6. The molecule has 1 aliphatic heterocycles. The maximum Gasteiger partial charge on any atom is 0.338 e. The Morgan fingerprint density at radius 2 is 1.23 bits per heavy atom. The van der Waals surface area contributed by atoms with Crippen LogP contribution in [0.3, 0.4) is 0 Å². The van der Waals surface area contributed by atoms with Crippen LogP contribution >= 0.6 is 0 Å². The van der Waals surface area contributed by atoms with Gasteiger partial charge in [-0.15, -0.1) is 0 Å². The third-order valence-electron chi connectivity index (χ3n) is 5.12. The van der Waals surface area contributed by atoms with Gasteiger partial charge in [0.05, 0.1) is 23.3 Å². The van der Waals surface area contributed by atoms with Crippen molar-refractivity contribution in [3.05, 3.63) is 108 Å². The van der Waals surface area contributed by atoms with E-state index in [9.17, 15) is 18.8 Å². The number of carboxylic acid groups (broad SMARTS) is 2. The van der Waals surface area contributed by atoms with Crippen molar-refractivity contribution < 1.29 is 48.0 Å². The summed E-state index contributed by atoms with van der Waals surface area (Å²) < 4.78 is 30.4. The van der Waals surface area contributed by atoms with Gasteiger partial charge in [-0.2, -0.15) is 0 Å². The smallest absolute Gasteiger partial charge is 0.338 e. The third kappa shape index (κ3) is 11.1. The zero-order chi connectivity index (χ0) is 28.6. The van der Waals surface area contributed by atoms with E-state index < -0.39 is 42.3 Å². The summed E-state index contributed by atoms with van der Waals surface area (Å²) in [4.78, 5) is 43.3. The van der Waals surface area contributed by atoms with Gasteiger partial charge in [0, 0.05) is 13.3 Å². The van der Waals surface area contributed by atoms with Crippen LogP contribution in [0.25, 0.3) is 0 Å². The van der Waals surface area contributed by atoms with Crippen LogP contribution in [0.1, 0.15) is 44.4 Å². The summed E-state index contributed by atoms with van der Waals surface area (Å²) in [5.41, 5.74) is 1.07. The summed E-state index contributed by atoms with van der Waals surface area (Å²) in [5.74, 6) is -2.85. The average Bonchev–Trinajstić information content (AvgIpc) is 2.95. The summed E-state index contributed by atoms with van der Waals surface area (Å²) in [5, 5.41) is 15.8. The van der Waals surface area contributed by atoms with Gasteiger partial charge in [-0.3, -0.25) is 4.79 Å². The van der Waals surface area contributed by atoms with Crippen LogP contribution in [0.2, 0.25) is 0 Å². The third-order valence-corrected chi connectivity index (χ3v) is 5.12. The molecule has 0 bridgehead atoms. The molecule has 2 N–H and O–H groups in total. The number of hydrogen-bond acceptors (Lipinski definition) is 7. The van der Waals surface area contributed by atoms with Crippen LogP contribution in [0.5, 0.6) is 0 Å². The van der Waals surface area contributed by atoms with Crippen LogP contribution in [-0.4, -0.2) is 65.7 Å². The molecule has 4 rings (SSSR count). The SMILES string of the molecule is CC(=O)O.O=C(O)c1ccccc1.O=C(OC[C@H]1OCC[C@@H](OC(=O)c2ccccc2)[C@@H]1F)c1ccccc1. The number of halogens is 1. The molecule has 3 aromatic carbocycles. The fraction of sp³-hybridized carbons (Fsp3) is 0.241. The Hall–Kier alpha value is -4.57. The van der Waals surface area contributed by atoms with Gasteiger partial charge in [-0.05, 0) is 36.4 Å². The number of aromatic carboxylic acids is 1. The molecule has 9 nitrogen and oxygen atoms in total. The Bertz CT molecular complexity index is 1180. The predicted molar refractivity (Wildman–Crippen MR) is 138 cm³/mol. The molecule has 206 valence electrons. The molecule has 3 atom stereocenters. The topological polar surface area (TPSA) is 136 Å². The summed E-state index contributed by atoms with van der Waals surface area (Å²) in [7, 11) is 0. The lowest BCUT2D eigenvalue weighted by Crippen LogP contribution is -2.46. The number of carboxylic acids is 2. The molecule has 3 aromatic rings. The molecule has 1 heterocycles.